The summed E-state index contributed by atoms with van der Waals surface area (Å²) in [5.41, 5.74) is 7.39. The van der Waals surface area contributed by atoms with Gasteiger partial charge in [0.25, 0.3) is 0 Å². The number of thiocarbonyl (C=S) groups is 1. The third-order valence-corrected chi connectivity index (χ3v) is 3.60. The molecule has 0 aliphatic heterocycles. The van der Waals surface area contributed by atoms with E-state index in [1.165, 1.54) is 0 Å². The summed E-state index contributed by atoms with van der Waals surface area (Å²) in [6.07, 6.45) is 1.42. The molecule has 2 N–H and O–H groups in total. The Morgan fingerprint density at radius 2 is 1.81 bits per heavy atom. The molecule has 0 atom stereocenters. The normalized spacial score (nSPS) is 10.7. The van der Waals surface area contributed by atoms with Crippen LogP contribution in [0.1, 0.15) is 24.5 Å². The molecule has 1 amide bonds. The average Bonchev–Trinajstić information content (AvgIpc) is 2.43. The lowest BCUT2D eigenvalue weighted by Crippen LogP contribution is -2.34. The van der Waals surface area contributed by atoms with Gasteiger partial charge in [-0.2, -0.15) is 0 Å². The van der Waals surface area contributed by atoms with Crippen LogP contribution < -0.4 is 5.73 Å². The van der Waals surface area contributed by atoms with Crippen LogP contribution in [-0.4, -0.2) is 54.4 Å². The maximum absolute atomic E-state index is 12.3. The van der Waals surface area contributed by atoms with Crippen molar-refractivity contribution in [1.29, 1.82) is 0 Å². The number of nitrogens with two attached hydrogens (primary N) is 1. The smallest absolute Gasteiger partial charge is 0.226 e. The van der Waals surface area contributed by atoms with Crippen molar-refractivity contribution in [3.63, 3.8) is 0 Å². The molecule has 0 unspecified atom stereocenters. The van der Waals surface area contributed by atoms with Crippen molar-refractivity contribution in [2.75, 3.05) is 33.7 Å². The number of hydrogen-bond acceptors (Lipinski definition) is 3. The molecule has 0 aromatic heterocycles. The summed E-state index contributed by atoms with van der Waals surface area (Å²) >= 11 is 4.92. The van der Waals surface area contributed by atoms with Gasteiger partial charge in [-0.25, -0.2) is 0 Å². The summed E-state index contributed by atoms with van der Waals surface area (Å²) in [6, 6.07) is 7.57. The lowest BCUT2D eigenvalue weighted by Gasteiger charge is -2.22. The molecule has 0 aliphatic carbocycles. The van der Waals surface area contributed by atoms with Gasteiger partial charge in [-0.05, 0) is 39.5 Å². The molecule has 0 saturated heterocycles. The average molecular weight is 307 g/mol. The van der Waals surface area contributed by atoms with E-state index in [1.807, 2.05) is 50.2 Å². The molecule has 0 spiro atoms. The second kappa shape index (κ2) is 8.74. The van der Waals surface area contributed by atoms with E-state index in [0.29, 0.717) is 11.4 Å². The summed E-state index contributed by atoms with van der Waals surface area (Å²) in [5.74, 6) is 0.166. The van der Waals surface area contributed by atoms with E-state index in [1.54, 1.807) is 0 Å². The van der Waals surface area contributed by atoms with Crippen molar-refractivity contribution >= 4 is 23.1 Å². The Bertz CT molecular complexity index is 471. The highest BCUT2D eigenvalue weighted by molar-refractivity contribution is 7.80. The summed E-state index contributed by atoms with van der Waals surface area (Å²) in [4.78, 5) is 16.7. The van der Waals surface area contributed by atoms with Gasteiger partial charge in [0.2, 0.25) is 5.91 Å². The summed E-state index contributed by atoms with van der Waals surface area (Å²) in [6.45, 7) is 4.56. The van der Waals surface area contributed by atoms with E-state index in [0.717, 1.165) is 37.2 Å². The first-order chi connectivity index (χ1) is 9.93. The van der Waals surface area contributed by atoms with Crippen molar-refractivity contribution in [3.05, 3.63) is 35.4 Å². The van der Waals surface area contributed by atoms with E-state index in [-0.39, 0.29) is 5.91 Å². The summed E-state index contributed by atoms with van der Waals surface area (Å²) in [5, 5.41) is 0. The Hall–Kier alpha value is -1.46. The fraction of sp³-hybridized carbons (Fsp3) is 0.500. The minimum atomic E-state index is 0.166. The Kier molecular flexibility index (Phi) is 7.32. The predicted octanol–water partition coefficient (Wildman–Crippen LogP) is 1.66. The van der Waals surface area contributed by atoms with Crippen LogP contribution in [0, 0.1) is 0 Å². The van der Waals surface area contributed by atoms with Gasteiger partial charge in [0.05, 0.1) is 6.42 Å². The van der Waals surface area contributed by atoms with Crippen molar-refractivity contribution in [3.8, 4) is 0 Å². The van der Waals surface area contributed by atoms with E-state index in [2.05, 4.69) is 4.90 Å². The third-order valence-electron chi connectivity index (χ3n) is 3.36. The molecule has 0 bridgehead atoms. The molecule has 5 heteroatoms. The molecule has 0 fully saturated rings. The van der Waals surface area contributed by atoms with E-state index < -0.39 is 0 Å². The van der Waals surface area contributed by atoms with Gasteiger partial charge < -0.3 is 15.5 Å². The highest BCUT2D eigenvalue weighted by atomic mass is 32.1. The van der Waals surface area contributed by atoms with Crippen LogP contribution in [0.2, 0.25) is 0 Å². The van der Waals surface area contributed by atoms with Crippen LogP contribution in [0.25, 0.3) is 0 Å². The van der Waals surface area contributed by atoms with Crippen LogP contribution in [0.3, 0.4) is 0 Å². The fourth-order valence-corrected chi connectivity index (χ4v) is 2.25. The second-order valence-electron chi connectivity index (χ2n) is 5.37. The molecule has 21 heavy (non-hydrogen) atoms. The maximum Gasteiger partial charge on any atom is 0.226 e. The van der Waals surface area contributed by atoms with Crippen LogP contribution >= 0.6 is 12.2 Å². The number of likely N-dealkylation sites (N-methyl/N-ethyl adjacent to an activating group) is 1. The van der Waals surface area contributed by atoms with E-state index >= 15 is 0 Å². The van der Waals surface area contributed by atoms with Gasteiger partial charge in [-0.3, -0.25) is 4.79 Å². The van der Waals surface area contributed by atoms with Crippen LogP contribution in [-0.2, 0) is 11.2 Å². The summed E-state index contributed by atoms with van der Waals surface area (Å²) in [7, 11) is 4.09. The molecule has 0 radical (unpaired) electrons. The highest BCUT2D eigenvalue weighted by Crippen LogP contribution is 2.07. The lowest BCUT2D eigenvalue weighted by atomic mass is 10.1. The molecular weight excluding hydrogens is 282 g/mol. The second-order valence-corrected chi connectivity index (χ2v) is 5.81. The fourth-order valence-electron chi connectivity index (χ4n) is 2.11. The number of hydrogen-bond donors (Lipinski definition) is 1. The molecular formula is C16H25N3OS. The van der Waals surface area contributed by atoms with Crippen LogP contribution in [0.15, 0.2) is 24.3 Å². The zero-order valence-corrected chi connectivity index (χ0v) is 13.9. The molecule has 0 saturated carbocycles. The van der Waals surface area contributed by atoms with Crippen molar-refractivity contribution < 1.29 is 4.79 Å². The minimum Gasteiger partial charge on any atom is -0.389 e. The maximum atomic E-state index is 12.3. The minimum absolute atomic E-state index is 0.166. The van der Waals surface area contributed by atoms with E-state index in [4.69, 9.17) is 18.0 Å². The molecule has 1 aromatic rings. The SMILES string of the molecule is CCN(CCCN(C)C)C(=O)Cc1ccc(C(N)=S)cc1. The van der Waals surface area contributed by atoms with Gasteiger partial charge in [0.15, 0.2) is 0 Å². The van der Waals surface area contributed by atoms with E-state index in [9.17, 15) is 4.79 Å². The number of amides is 1. The van der Waals surface area contributed by atoms with Crippen molar-refractivity contribution in [2.24, 2.45) is 5.73 Å². The Balaban J connectivity index is 2.54. The zero-order chi connectivity index (χ0) is 15.8. The first kappa shape index (κ1) is 17.6. The third kappa shape index (κ3) is 6.23. The Labute approximate surface area is 132 Å². The van der Waals surface area contributed by atoms with Crippen LogP contribution in [0.5, 0.6) is 0 Å². The molecule has 4 nitrogen and oxygen atoms in total. The van der Waals surface area contributed by atoms with Gasteiger partial charge in [-0.15, -0.1) is 0 Å². The molecule has 116 valence electrons. The molecule has 0 aliphatic rings. The lowest BCUT2D eigenvalue weighted by molar-refractivity contribution is -0.130. The number of benzene rings is 1. The van der Waals surface area contributed by atoms with Crippen molar-refractivity contribution in [2.45, 2.75) is 19.8 Å². The first-order valence-electron chi connectivity index (χ1n) is 7.25. The Morgan fingerprint density at radius 3 is 2.29 bits per heavy atom. The quantitative estimate of drug-likeness (QED) is 0.742. The number of nitrogens with zero attached hydrogens (tertiary/aromatic N) is 2. The van der Waals surface area contributed by atoms with Gasteiger partial charge in [0, 0.05) is 18.7 Å². The first-order valence-corrected chi connectivity index (χ1v) is 7.66. The number of carbonyl (C=O) groups is 1. The zero-order valence-electron chi connectivity index (χ0n) is 13.1. The number of carbonyl (C=O) groups excluding carboxylic acids is 1. The van der Waals surface area contributed by atoms with Gasteiger partial charge in [-0.1, -0.05) is 36.5 Å². The number of rotatable bonds is 8. The molecule has 1 aromatic carbocycles. The molecule has 1 rings (SSSR count). The predicted molar refractivity (Wildman–Crippen MR) is 91.5 cm³/mol. The van der Waals surface area contributed by atoms with Crippen molar-refractivity contribution in [1.82, 2.24) is 9.80 Å². The standard InChI is InChI=1S/C16H25N3OS/c1-4-19(11-5-10-18(2)3)15(20)12-13-6-8-14(9-7-13)16(17)21/h6-9H,4-5,10-12H2,1-3H3,(H2,17,21). The monoisotopic (exact) mass is 307 g/mol. The topological polar surface area (TPSA) is 49.6 Å². The van der Waals surface area contributed by atoms with Gasteiger partial charge >= 0.3 is 0 Å². The molecule has 0 heterocycles. The van der Waals surface area contributed by atoms with Crippen LogP contribution in [0.4, 0.5) is 0 Å². The summed E-state index contributed by atoms with van der Waals surface area (Å²) < 4.78 is 0. The largest absolute Gasteiger partial charge is 0.389 e. The highest BCUT2D eigenvalue weighted by Gasteiger charge is 2.12. The Morgan fingerprint density at radius 1 is 1.19 bits per heavy atom. The van der Waals surface area contributed by atoms with Gasteiger partial charge in [0.1, 0.15) is 4.99 Å².